The van der Waals surface area contributed by atoms with E-state index in [0.717, 1.165) is 45.1 Å². The molecule has 0 spiro atoms. The summed E-state index contributed by atoms with van der Waals surface area (Å²) >= 11 is 0. The van der Waals surface area contributed by atoms with Crippen LogP contribution in [0.3, 0.4) is 0 Å². The van der Waals surface area contributed by atoms with Gasteiger partial charge in [-0.15, -0.1) is 0 Å². The van der Waals surface area contributed by atoms with E-state index in [1.165, 1.54) is 0 Å². The smallest absolute Gasteiger partial charge is 0.257 e. The number of H-pyrrole nitrogens is 1. The second-order valence-corrected chi connectivity index (χ2v) is 6.49. The molecule has 3 aromatic rings. The number of rotatable bonds is 3. The average Bonchev–Trinajstić information content (AvgIpc) is 3.15. The zero-order valence-electron chi connectivity index (χ0n) is 15.0. The minimum absolute atomic E-state index is 0.0799. The lowest BCUT2D eigenvalue weighted by Gasteiger charge is -2.13. The number of hydrogen-bond acceptors (Lipinski definition) is 2. The first-order valence-electron chi connectivity index (χ1n) is 8.54. The third kappa shape index (κ3) is 2.60. The number of aromatic amines is 1. The topological polar surface area (TPSA) is 54.1 Å². The molecule has 0 saturated heterocycles. The summed E-state index contributed by atoms with van der Waals surface area (Å²) in [7, 11) is 1.65. The van der Waals surface area contributed by atoms with Gasteiger partial charge in [0, 0.05) is 28.2 Å². The van der Waals surface area contributed by atoms with E-state index < -0.39 is 0 Å². The van der Waals surface area contributed by atoms with Crippen molar-refractivity contribution in [2.75, 3.05) is 12.4 Å². The summed E-state index contributed by atoms with van der Waals surface area (Å²) in [6.07, 6.45) is 0. The average molecular weight is 344 g/mol. The molecule has 1 aromatic heterocycles. The zero-order chi connectivity index (χ0) is 18.3. The van der Waals surface area contributed by atoms with E-state index in [2.05, 4.69) is 23.3 Å². The Bertz CT molecular complexity index is 1030. The van der Waals surface area contributed by atoms with Crippen molar-refractivity contribution in [3.8, 4) is 5.75 Å². The van der Waals surface area contributed by atoms with Gasteiger partial charge in [-0.3, -0.25) is 4.79 Å². The quantitative estimate of drug-likeness (QED) is 0.685. The summed E-state index contributed by atoms with van der Waals surface area (Å²) in [6, 6.07) is 17.7. The number of methoxy groups -OCH3 is 1. The summed E-state index contributed by atoms with van der Waals surface area (Å²) in [5.74, 6) is 0.706. The van der Waals surface area contributed by atoms with Crippen LogP contribution in [-0.2, 0) is 4.79 Å². The Balaban J connectivity index is 2.03. The van der Waals surface area contributed by atoms with Crippen LogP contribution in [0.15, 0.2) is 54.6 Å². The predicted octanol–water partition coefficient (Wildman–Crippen LogP) is 4.55. The van der Waals surface area contributed by atoms with E-state index in [0.29, 0.717) is 5.57 Å². The van der Waals surface area contributed by atoms with Crippen LogP contribution in [0.25, 0.3) is 11.1 Å². The van der Waals surface area contributed by atoms with Crippen LogP contribution >= 0.6 is 0 Å². The van der Waals surface area contributed by atoms with E-state index in [9.17, 15) is 4.79 Å². The van der Waals surface area contributed by atoms with Crippen LogP contribution in [-0.4, -0.2) is 18.0 Å². The first-order valence-corrected chi connectivity index (χ1v) is 8.54. The maximum absolute atomic E-state index is 12.9. The van der Waals surface area contributed by atoms with Crippen LogP contribution < -0.4 is 10.1 Å². The molecule has 0 saturated carbocycles. The Morgan fingerprint density at radius 1 is 1.00 bits per heavy atom. The fourth-order valence-electron chi connectivity index (χ4n) is 3.53. The fraction of sp³-hybridized carbons (Fsp3) is 0.136. The van der Waals surface area contributed by atoms with Gasteiger partial charge >= 0.3 is 0 Å². The van der Waals surface area contributed by atoms with Crippen LogP contribution in [0.4, 0.5) is 5.69 Å². The van der Waals surface area contributed by atoms with Crippen molar-refractivity contribution in [3.63, 3.8) is 0 Å². The van der Waals surface area contributed by atoms with Crippen molar-refractivity contribution in [2.45, 2.75) is 13.8 Å². The molecule has 0 bridgehead atoms. The number of carbonyl (C=O) groups is 1. The van der Waals surface area contributed by atoms with Crippen molar-refractivity contribution in [3.05, 3.63) is 82.7 Å². The number of para-hydroxylation sites is 1. The maximum Gasteiger partial charge on any atom is 0.257 e. The Kier molecular flexibility index (Phi) is 3.88. The van der Waals surface area contributed by atoms with Crippen molar-refractivity contribution >= 4 is 22.7 Å². The molecule has 1 aliphatic heterocycles. The van der Waals surface area contributed by atoms with Crippen molar-refractivity contribution in [1.29, 1.82) is 0 Å². The highest BCUT2D eigenvalue weighted by atomic mass is 16.5. The molecule has 2 aromatic carbocycles. The molecule has 130 valence electrons. The van der Waals surface area contributed by atoms with Crippen molar-refractivity contribution in [1.82, 2.24) is 4.98 Å². The number of hydrogen-bond donors (Lipinski definition) is 2. The van der Waals surface area contributed by atoms with Gasteiger partial charge in [-0.1, -0.05) is 30.3 Å². The Labute approximate surface area is 152 Å². The molecule has 1 amide bonds. The molecule has 26 heavy (non-hydrogen) atoms. The molecule has 0 unspecified atom stereocenters. The lowest BCUT2D eigenvalue weighted by atomic mass is 9.91. The normalized spacial score (nSPS) is 14.8. The van der Waals surface area contributed by atoms with Gasteiger partial charge in [0.05, 0.1) is 12.7 Å². The third-order valence-corrected chi connectivity index (χ3v) is 4.70. The molecule has 2 N–H and O–H groups in total. The van der Waals surface area contributed by atoms with E-state index in [1.807, 2.05) is 55.5 Å². The van der Waals surface area contributed by atoms with Gasteiger partial charge in [-0.05, 0) is 49.2 Å². The third-order valence-electron chi connectivity index (χ3n) is 4.70. The number of amides is 1. The number of carbonyl (C=O) groups excluding carboxylic acids is 1. The maximum atomic E-state index is 12.9. The molecule has 1 aliphatic rings. The lowest BCUT2D eigenvalue weighted by Crippen LogP contribution is -2.07. The summed E-state index contributed by atoms with van der Waals surface area (Å²) in [6.45, 7) is 4.08. The van der Waals surface area contributed by atoms with E-state index in [1.54, 1.807) is 7.11 Å². The SMILES string of the molecule is COc1ccc(/C(=C2\C(=O)Nc3ccccc32)c2[nH]c(C)cc2C)cc1. The van der Waals surface area contributed by atoms with E-state index in [-0.39, 0.29) is 5.91 Å². The number of anilines is 1. The molecule has 0 aliphatic carbocycles. The van der Waals surface area contributed by atoms with Gasteiger partial charge in [0.2, 0.25) is 0 Å². The van der Waals surface area contributed by atoms with Gasteiger partial charge in [0.25, 0.3) is 5.91 Å². The first-order chi connectivity index (χ1) is 12.6. The van der Waals surface area contributed by atoms with Crippen molar-refractivity contribution < 1.29 is 9.53 Å². The zero-order valence-corrected chi connectivity index (χ0v) is 15.0. The van der Waals surface area contributed by atoms with E-state index >= 15 is 0 Å². The Morgan fingerprint density at radius 3 is 2.38 bits per heavy atom. The summed E-state index contributed by atoms with van der Waals surface area (Å²) in [4.78, 5) is 16.3. The summed E-state index contributed by atoms with van der Waals surface area (Å²) in [5, 5.41) is 2.98. The fourth-order valence-corrected chi connectivity index (χ4v) is 3.53. The molecule has 4 rings (SSSR count). The van der Waals surface area contributed by atoms with Gasteiger partial charge in [0.1, 0.15) is 5.75 Å². The molecule has 2 heterocycles. The first kappa shape index (κ1) is 16.2. The molecular formula is C22H20N2O2. The van der Waals surface area contributed by atoms with Gasteiger partial charge in [-0.2, -0.15) is 0 Å². The largest absolute Gasteiger partial charge is 0.497 e. The van der Waals surface area contributed by atoms with Crippen molar-refractivity contribution in [2.24, 2.45) is 0 Å². The number of benzene rings is 2. The number of fused-ring (bicyclic) bond motifs is 1. The second-order valence-electron chi connectivity index (χ2n) is 6.49. The lowest BCUT2D eigenvalue weighted by molar-refractivity contribution is -0.110. The number of aromatic nitrogens is 1. The highest BCUT2D eigenvalue weighted by Crippen LogP contribution is 2.40. The Morgan fingerprint density at radius 2 is 1.73 bits per heavy atom. The highest BCUT2D eigenvalue weighted by molar-refractivity contribution is 6.38. The number of nitrogens with one attached hydrogen (secondary N) is 2. The molecule has 4 nitrogen and oxygen atoms in total. The molecule has 0 fully saturated rings. The molecular weight excluding hydrogens is 324 g/mol. The Hall–Kier alpha value is -3.27. The van der Waals surface area contributed by atoms with E-state index in [4.69, 9.17) is 4.74 Å². The van der Waals surface area contributed by atoms with Crippen LogP contribution in [0, 0.1) is 13.8 Å². The minimum Gasteiger partial charge on any atom is -0.497 e. The number of ether oxygens (including phenoxy) is 1. The van der Waals surface area contributed by atoms with Gasteiger partial charge in [-0.25, -0.2) is 0 Å². The standard InChI is InChI=1S/C22H20N2O2/c1-13-12-14(2)23-21(13)19(15-8-10-16(26-3)11-9-15)20-17-6-4-5-7-18(17)24-22(20)25/h4-12,23H,1-3H3,(H,24,25)/b20-19+. The summed E-state index contributed by atoms with van der Waals surface area (Å²) < 4.78 is 5.28. The van der Waals surface area contributed by atoms with Gasteiger partial charge < -0.3 is 15.0 Å². The van der Waals surface area contributed by atoms with Crippen LogP contribution in [0.5, 0.6) is 5.75 Å². The predicted molar refractivity (Wildman–Crippen MR) is 104 cm³/mol. The second kappa shape index (κ2) is 6.23. The highest BCUT2D eigenvalue weighted by Gasteiger charge is 2.29. The van der Waals surface area contributed by atoms with Crippen LogP contribution in [0.2, 0.25) is 0 Å². The monoisotopic (exact) mass is 344 g/mol. The minimum atomic E-state index is -0.0799. The molecule has 0 atom stereocenters. The molecule has 4 heteroatoms. The van der Waals surface area contributed by atoms with Crippen LogP contribution in [0.1, 0.15) is 28.1 Å². The number of aryl methyl sites for hydroxylation is 2. The molecule has 0 radical (unpaired) electrons. The van der Waals surface area contributed by atoms with Gasteiger partial charge in [0.15, 0.2) is 0 Å². The summed E-state index contributed by atoms with van der Waals surface area (Å²) in [5.41, 5.74) is 7.48.